The van der Waals surface area contributed by atoms with Crippen LogP contribution < -0.4 is 0 Å². The van der Waals surface area contributed by atoms with Crippen molar-refractivity contribution in [3.63, 3.8) is 0 Å². The first kappa shape index (κ1) is 13.8. The molecule has 0 N–H and O–H groups in total. The summed E-state index contributed by atoms with van der Waals surface area (Å²) < 4.78 is 44.0. The van der Waals surface area contributed by atoms with E-state index in [4.69, 9.17) is 4.42 Å². The van der Waals surface area contributed by atoms with Gasteiger partial charge in [0.15, 0.2) is 0 Å². The van der Waals surface area contributed by atoms with E-state index in [1.807, 2.05) is 30.3 Å². The van der Waals surface area contributed by atoms with Gasteiger partial charge < -0.3 is 4.42 Å². The molecule has 0 radical (unpaired) electrons. The standard InChI is InChI=1S/C17H9F3N2O/c18-17(19,20)11-6-7-12-13(8-11)22-16-14(21-12)9-15(23-16)10-4-2-1-3-5-10/h1-9H. The minimum atomic E-state index is -4.41. The molecular formula is C17H9F3N2O. The van der Waals surface area contributed by atoms with Crippen molar-refractivity contribution in [2.24, 2.45) is 0 Å². The molecule has 0 saturated carbocycles. The third-order valence-corrected chi connectivity index (χ3v) is 3.52. The normalized spacial score (nSPS) is 12.1. The number of nitrogens with zero attached hydrogens (tertiary/aromatic N) is 2. The molecule has 2 aromatic heterocycles. The number of rotatable bonds is 1. The van der Waals surface area contributed by atoms with Crippen molar-refractivity contribution < 1.29 is 17.6 Å². The second-order valence-corrected chi connectivity index (χ2v) is 5.09. The van der Waals surface area contributed by atoms with Gasteiger partial charge in [-0.25, -0.2) is 9.97 Å². The topological polar surface area (TPSA) is 38.9 Å². The Bertz CT molecular complexity index is 1010. The third kappa shape index (κ3) is 2.42. The predicted octanol–water partition coefficient (Wildman–Crippen LogP) is 5.06. The first-order valence-electron chi connectivity index (χ1n) is 6.85. The van der Waals surface area contributed by atoms with Crippen LogP contribution in [0.1, 0.15) is 5.56 Å². The Morgan fingerprint density at radius 2 is 1.57 bits per heavy atom. The summed E-state index contributed by atoms with van der Waals surface area (Å²) in [6.45, 7) is 0. The summed E-state index contributed by atoms with van der Waals surface area (Å²) in [6.07, 6.45) is -4.41. The fourth-order valence-electron chi connectivity index (χ4n) is 2.40. The van der Waals surface area contributed by atoms with Gasteiger partial charge in [0, 0.05) is 11.6 Å². The largest absolute Gasteiger partial charge is 0.436 e. The van der Waals surface area contributed by atoms with Crippen molar-refractivity contribution in [3.05, 3.63) is 60.2 Å². The van der Waals surface area contributed by atoms with E-state index in [9.17, 15) is 13.2 Å². The molecule has 114 valence electrons. The third-order valence-electron chi connectivity index (χ3n) is 3.52. The van der Waals surface area contributed by atoms with Crippen molar-refractivity contribution in [3.8, 4) is 11.3 Å². The fourth-order valence-corrected chi connectivity index (χ4v) is 2.40. The molecule has 6 heteroatoms. The zero-order valence-corrected chi connectivity index (χ0v) is 11.6. The van der Waals surface area contributed by atoms with Crippen LogP contribution >= 0.6 is 0 Å². The van der Waals surface area contributed by atoms with Crippen LogP contribution in [-0.2, 0) is 6.18 Å². The highest BCUT2D eigenvalue weighted by atomic mass is 19.4. The number of hydrogen-bond acceptors (Lipinski definition) is 3. The van der Waals surface area contributed by atoms with E-state index in [0.717, 1.165) is 17.7 Å². The number of halogens is 3. The number of furan rings is 1. The van der Waals surface area contributed by atoms with Crippen molar-refractivity contribution in [2.75, 3.05) is 0 Å². The minimum absolute atomic E-state index is 0.154. The van der Waals surface area contributed by atoms with Crippen LogP contribution in [0.4, 0.5) is 13.2 Å². The van der Waals surface area contributed by atoms with Crippen LogP contribution in [0.15, 0.2) is 59.0 Å². The molecular weight excluding hydrogens is 305 g/mol. The van der Waals surface area contributed by atoms with Crippen LogP contribution in [0.2, 0.25) is 0 Å². The summed E-state index contributed by atoms with van der Waals surface area (Å²) in [7, 11) is 0. The first-order chi connectivity index (χ1) is 11.0. The van der Waals surface area contributed by atoms with Gasteiger partial charge in [0.05, 0.1) is 16.6 Å². The molecule has 2 heterocycles. The average molecular weight is 314 g/mol. The van der Waals surface area contributed by atoms with Crippen molar-refractivity contribution in [2.45, 2.75) is 6.18 Å². The van der Waals surface area contributed by atoms with E-state index in [2.05, 4.69) is 9.97 Å². The molecule has 0 bridgehead atoms. The smallest absolute Gasteiger partial charge is 0.416 e. The SMILES string of the molecule is FC(F)(F)c1ccc2nc3cc(-c4ccccc4)oc3nc2c1. The van der Waals surface area contributed by atoms with Crippen molar-refractivity contribution in [1.82, 2.24) is 9.97 Å². The Kier molecular flexibility index (Phi) is 2.87. The molecule has 0 aliphatic carbocycles. The molecule has 0 aliphatic rings. The maximum Gasteiger partial charge on any atom is 0.416 e. The molecule has 0 fully saturated rings. The predicted molar refractivity (Wildman–Crippen MR) is 79.7 cm³/mol. The molecule has 0 amide bonds. The molecule has 0 aliphatic heterocycles. The second kappa shape index (κ2) is 4.81. The van der Waals surface area contributed by atoms with E-state index < -0.39 is 11.7 Å². The van der Waals surface area contributed by atoms with E-state index in [-0.39, 0.29) is 11.2 Å². The van der Waals surface area contributed by atoms with Gasteiger partial charge in [0.1, 0.15) is 11.3 Å². The first-order valence-corrected chi connectivity index (χ1v) is 6.85. The molecule has 4 rings (SSSR count). The highest BCUT2D eigenvalue weighted by molar-refractivity contribution is 5.86. The number of fused-ring (bicyclic) bond motifs is 2. The van der Waals surface area contributed by atoms with Crippen LogP contribution in [-0.4, -0.2) is 9.97 Å². The quantitative estimate of drug-likeness (QED) is 0.493. The van der Waals surface area contributed by atoms with E-state index in [1.165, 1.54) is 6.07 Å². The Hall–Kier alpha value is -2.89. The maximum absolute atomic E-state index is 12.8. The lowest BCUT2D eigenvalue weighted by molar-refractivity contribution is -0.137. The highest BCUT2D eigenvalue weighted by Gasteiger charge is 2.30. The maximum atomic E-state index is 12.8. The molecule has 2 aromatic carbocycles. The number of hydrogen-bond donors (Lipinski definition) is 0. The molecule has 0 spiro atoms. The lowest BCUT2D eigenvalue weighted by Gasteiger charge is -2.06. The average Bonchev–Trinajstić information content (AvgIpc) is 2.95. The van der Waals surface area contributed by atoms with Crippen molar-refractivity contribution >= 4 is 22.3 Å². The summed E-state index contributed by atoms with van der Waals surface area (Å²) in [6, 6.07) is 14.4. The van der Waals surface area contributed by atoms with Gasteiger partial charge in [-0.05, 0) is 18.2 Å². The Morgan fingerprint density at radius 3 is 2.30 bits per heavy atom. The minimum Gasteiger partial charge on any atom is -0.436 e. The van der Waals surface area contributed by atoms with Crippen molar-refractivity contribution in [1.29, 1.82) is 0 Å². The van der Waals surface area contributed by atoms with E-state index in [1.54, 1.807) is 6.07 Å². The van der Waals surface area contributed by atoms with Gasteiger partial charge in [-0.3, -0.25) is 0 Å². The summed E-state index contributed by atoms with van der Waals surface area (Å²) in [4.78, 5) is 8.49. The number of benzene rings is 2. The second-order valence-electron chi connectivity index (χ2n) is 5.09. The summed E-state index contributed by atoms with van der Waals surface area (Å²) in [5.41, 5.74) is 1.37. The van der Waals surface area contributed by atoms with Gasteiger partial charge in [0.25, 0.3) is 0 Å². The molecule has 4 aromatic rings. The zero-order valence-electron chi connectivity index (χ0n) is 11.6. The fraction of sp³-hybridized carbons (Fsp3) is 0.0588. The molecule has 0 atom stereocenters. The van der Waals surface area contributed by atoms with Gasteiger partial charge in [0.2, 0.25) is 5.71 Å². The summed E-state index contributed by atoms with van der Waals surface area (Å²) in [5, 5.41) is 0. The Balaban J connectivity index is 1.90. The lowest BCUT2D eigenvalue weighted by Crippen LogP contribution is -2.04. The monoisotopic (exact) mass is 314 g/mol. The van der Waals surface area contributed by atoms with Crippen LogP contribution in [0.3, 0.4) is 0 Å². The van der Waals surface area contributed by atoms with Crippen LogP contribution in [0, 0.1) is 0 Å². The van der Waals surface area contributed by atoms with E-state index >= 15 is 0 Å². The van der Waals surface area contributed by atoms with Crippen LogP contribution in [0.25, 0.3) is 33.6 Å². The van der Waals surface area contributed by atoms with Gasteiger partial charge in [-0.2, -0.15) is 13.2 Å². The van der Waals surface area contributed by atoms with Crippen LogP contribution in [0.5, 0.6) is 0 Å². The summed E-state index contributed by atoms with van der Waals surface area (Å²) in [5.74, 6) is 0.576. The lowest BCUT2D eigenvalue weighted by atomic mass is 10.2. The molecule has 0 unspecified atom stereocenters. The number of alkyl halides is 3. The molecule has 23 heavy (non-hydrogen) atoms. The van der Waals surface area contributed by atoms with Gasteiger partial charge in [-0.15, -0.1) is 0 Å². The molecule has 0 saturated heterocycles. The Morgan fingerprint density at radius 1 is 0.783 bits per heavy atom. The Labute approximate surface area is 128 Å². The highest BCUT2D eigenvalue weighted by Crippen LogP contribution is 2.32. The van der Waals surface area contributed by atoms with E-state index in [0.29, 0.717) is 16.8 Å². The van der Waals surface area contributed by atoms with Gasteiger partial charge >= 0.3 is 6.18 Å². The molecule has 3 nitrogen and oxygen atoms in total. The zero-order chi connectivity index (χ0) is 16.0. The van der Waals surface area contributed by atoms with Gasteiger partial charge in [-0.1, -0.05) is 30.3 Å². The summed E-state index contributed by atoms with van der Waals surface area (Å²) >= 11 is 0. The number of aromatic nitrogens is 2.